The third-order valence-electron chi connectivity index (χ3n) is 5.21. The lowest BCUT2D eigenvalue weighted by Crippen LogP contribution is -2.12. The Hall–Kier alpha value is -4.12. The van der Waals surface area contributed by atoms with Gasteiger partial charge in [0.15, 0.2) is 0 Å². The zero-order valence-corrected chi connectivity index (χ0v) is 18.2. The number of anilines is 3. The van der Waals surface area contributed by atoms with Gasteiger partial charge in [-0.25, -0.2) is 0 Å². The Morgan fingerprint density at radius 3 is 1.62 bits per heavy atom. The van der Waals surface area contributed by atoms with Crippen LogP contribution in [-0.2, 0) is 0 Å². The van der Waals surface area contributed by atoms with Gasteiger partial charge in [-0.1, -0.05) is 0 Å². The highest BCUT2D eigenvalue weighted by Gasteiger charge is 2.17. The Balaban J connectivity index is 1.74. The van der Waals surface area contributed by atoms with Gasteiger partial charge in [-0.3, -0.25) is 0 Å². The topological polar surface area (TPSA) is 73.2 Å². The normalized spacial score (nSPS) is 10.7. The minimum atomic E-state index is 0.161. The first-order valence-corrected chi connectivity index (χ1v) is 10.3. The quantitative estimate of drug-likeness (QED) is 0.320. The Morgan fingerprint density at radius 2 is 1.12 bits per heavy atom. The van der Waals surface area contributed by atoms with Gasteiger partial charge in [0.2, 0.25) is 0 Å². The number of aromatic hydroxyl groups is 3. The highest BCUT2D eigenvalue weighted by molar-refractivity contribution is 5.80. The van der Waals surface area contributed by atoms with E-state index in [-0.39, 0.29) is 17.2 Å². The molecule has 0 aromatic heterocycles. The molecule has 0 spiro atoms. The summed E-state index contributed by atoms with van der Waals surface area (Å²) in [4.78, 5) is 2.08. The molecule has 5 nitrogen and oxygen atoms in total. The number of aryl methyl sites for hydroxylation is 3. The van der Waals surface area contributed by atoms with Crippen molar-refractivity contribution in [1.82, 2.24) is 0 Å². The van der Waals surface area contributed by atoms with Gasteiger partial charge in [-0.2, -0.15) is 0 Å². The van der Waals surface area contributed by atoms with E-state index in [9.17, 15) is 15.3 Å². The summed E-state index contributed by atoms with van der Waals surface area (Å²) < 4.78 is 5.92. The molecule has 0 bridgehead atoms. The van der Waals surface area contributed by atoms with Crippen LogP contribution in [0.15, 0.2) is 78.9 Å². The summed E-state index contributed by atoms with van der Waals surface area (Å²) in [5.74, 6) is 1.78. The van der Waals surface area contributed by atoms with Crippen LogP contribution in [0, 0.1) is 20.8 Å². The minimum Gasteiger partial charge on any atom is -0.508 e. The van der Waals surface area contributed by atoms with E-state index >= 15 is 0 Å². The smallest absolute Gasteiger partial charge is 0.131 e. The molecule has 0 unspecified atom stereocenters. The molecule has 0 radical (unpaired) electrons. The largest absolute Gasteiger partial charge is 0.508 e. The molecular weight excluding hydrogens is 402 g/mol. The van der Waals surface area contributed by atoms with Crippen LogP contribution >= 0.6 is 0 Å². The van der Waals surface area contributed by atoms with Gasteiger partial charge in [-0.05, 0) is 110 Å². The Morgan fingerprint density at radius 1 is 0.562 bits per heavy atom. The average Bonchev–Trinajstić information content (AvgIpc) is 2.71. The SMILES string of the molecule is Cc1cc(O)cc(Oc2ccc(N(c3ccc(O)cc3C)c3ccc(O)cc3C)cc2)c1. The third-order valence-corrected chi connectivity index (χ3v) is 5.21. The van der Waals surface area contributed by atoms with E-state index in [0.717, 1.165) is 33.8 Å². The first-order valence-electron chi connectivity index (χ1n) is 10.3. The molecule has 4 aromatic rings. The summed E-state index contributed by atoms with van der Waals surface area (Å²) in [6.07, 6.45) is 0. The molecule has 0 aliphatic rings. The van der Waals surface area contributed by atoms with E-state index in [4.69, 9.17) is 4.74 Å². The first-order chi connectivity index (χ1) is 15.3. The van der Waals surface area contributed by atoms with Crippen LogP contribution in [0.5, 0.6) is 28.7 Å². The maximum Gasteiger partial charge on any atom is 0.131 e. The van der Waals surface area contributed by atoms with Crippen LogP contribution < -0.4 is 9.64 Å². The zero-order valence-electron chi connectivity index (χ0n) is 18.2. The highest BCUT2D eigenvalue weighted by atomic mass is 16.5. The monoisotopic (exact) mass is 427 g/mol. The number of benzene rings is 4. The van der Waals surface area contributed by atoms with Crippen molar-refractivity contribution in [3.05, 3.63) is 95.6 Å². The predicted octanol–water partition coefficient (Wildman–Crippen LogP) is 6.99. The summed E-state index contributed by atoms with van der Waals surface area (Å²) in [5, 5.41) is 29.6. The Bertz CT molecular complexity index is 1190. The van der Waals surface area contributed by atoms with E-state index < -0.39 is 0 Å². The van der Waals surface area contributed by atoms with Gasteiger partial charge in [0.1, 0.15) is 28.7 Å². The molecule has 4 aromatic carbocycles. The van der Waals surface area contributed by atoms with Crippen molar-refractivity contribution in [2.75, 3.05) is 4.90 Å². The number of ether oxygens (including phenoxy) is 1. The Labute approximate surface area is 187 Å². The van der Waals surface area contributed by atoms with Crippen molar-refractivity contribution in [2.24, 2.45) is 0 Å². The molecule has 0 atom stereocenters. The number of hydrogen-bond donors (Lipinski definition) is 3. The van der Waals surface area contributed by atoms with Gasteiger partial charge < -0.3 is 25.0 Å². The molecule has 0 saturated heterocycles. The van der Waals surface area contributed by atoms with Crippen molar-refractivity contribution in [2.45, 2.75) is 20.8 Å². The maximum atomic E-state index is 9.88. The molecule has 3 N–H and O–H groups in total. The van der Waals surface area contributed by atoms with E-state index in [1.807, 2.05) is 63.2 Å². The Kier molecular flexibility index (Phi) is 5.65. The van der Waals surface area contributed by atoms with Crippen molar-refractivity contribution < 1.29 is 20.1 Å². The molecule has 32 heavy (non-hydrogen) atoms. The van der Waals surface area contributed by atoms with Gasteiger partial charge in [-0.15, -0.1) is 0 Å². The van der Waals surface area contributed by atoms with E-state index in [1.54, 1.807) is 36.4 Å². The number of phenols is 3. The molecule has 0 fully saturated rings. The van der Waals surface area contributed by atoms with Crippen molar-refractivity contribution in [3.8, 4) is 28.7 Å². The molecule has 0 aliphatic heterocycles. The fourth-order valence-electron chi connectivity index (χ4n) is 3.78. The van der Waals surface area contributed by atoms with Gasteiger partial charge >= 0.3 is 0 Å². The molecule has 4 rings (SSSR count). The van der Waals surface area contributed by atoms with E-state index in [1.165, 1.54) is 0 Å². The lowest BCUT2D eigenvalue weighted by molar-refractivity contribution is 0.454. The zero-order chi connectivity index (χ0) is 22.8. The molecule has 5 heteroatoms. The third kappa shape index (κ3) is 4.47. The number of hydrogen-bond acceptors (Lipinski definition) is 5. The lowest BCUT2D eigenvalue weighted by Gasteiger charge is -2.28. The number of rotatable bonds is 5. The van der Waals surface area contributed by atoms with Gasteiger partial charge in [0, 0.05) is 23.1 Å². The molecule has 0 aliphatic carbocycles. The summed E-state index contributed by atoms with van der Waals surface area (Å²) in [6, 6.07) is 23.3. The maximum absolute atomic E-state index is 9.88. The summed E-state index contributed by atoms with van der Waals surface area (Å²) in [6.45, 7) is 5.78. The summed E-state index contributed by atoms with van der Waals surface area (Å²) >= 11 is 0. The van der Waals surface area contributed by atoms with Gasteiger partial charge in [0.25, 0.3) is 0 Å². The van der Waals surface area contributed by atoms with Crippen molar-refractivity contribution >= 4 is 17.1 Å². The average molecular weight is 428 g/mol. The lowest BCUT2D eigenvalue weighted by atomic mass is 10.1. The van der Waals surface area contributed by atoms with Crippen LogP contribution in [0.2, 0.25) is 0 Å². The van der Waals surface area contributed by atoms with Crippen molar-refractivity contribution in [1.29, 1.82) is 0 Å². The highest BCUT2D eigenvalue weighted by Crippen LogP contribution is 2.40. The second-order valence-electron chi connectivity index (χ2n) is 7.88. The molecule has 0 saturated carbocycles. The molecule has 0 heterocycles. The first kappa shape index (κ1) is 21.1. The minimum absolute atomic E-state index is 0.161. The second-order valence-corrected chi connectivity index (χ2v) is 7.88. The van der Waals surface area contributed by atoms with Crippen LogP contribution in [0.3, 0.4) is 0 Å². The summed E-state index contributed by atoms with van der Waals surface area (Å²) in [7, 11) is 0. The number of phenolic OH excluding ortho intramolecular Hbond substituents is 3. The fourth-order valence-corrected chi connectivity index (χ4v) is 3.78. The van der Waals surface area contributed by atoms with Crippen LogP contribution in [-0.4, -0.2) is 15.3 Å². The van der Waals surface area contributed by atoms with Crippen LogP contribution in [0.1, 0.15) is 16.7 Å². The number of nitrogens with zero attached hydrogens (tertiary/aromatic N) is 1. The molecule has 0 amide bonds. The fraction of sp³-hybridized carbons (Fsp3) is 0.111. The van der Waals surface area contributed by atoms with E-state index in [0.29, 0.717) is 11.5 Å². The van der Waals surface area contributed by atoms with Gasteiger partial charge in [0.05, 0.1) is 0 Å². The van der Waals surface area contributed by atoms with E-state index in [2.05, 4.69) is 4.90 Å². The molecule has 162 valence electrons. The summed E-state index contributed by atoms with van der Waals surface area (Å²) in [5.41, 5.74) is 5.45. The standard InChI is InChI=1S/C27H25NO4/c1-17-12-23(31)16-25(13-17)32-24-8-4-20(5-9-24)28(26-10-6-21(29)14-18(26)2)27-11-7-22(30)15-19(27)3/h4-16,29-31H,1-3H3. The van der Waals surface area contributed by atoms with Crippen LogP contribution in [0.4, 0.5) is 17.1 Å². The van der Waals surface area contributed by atoms with Crippen molar-refractivity contribution in [3.63, 3.8) is 0 Å². The predicted molar refractivity (Wildman–Crippen MR) is 127 cm³/mol. The molecular formula is C27H25NO4. The second kappa shape index (κ2) is 8.55. The van der Waals surface area contributed by atoms with Crippen LogP contribution in [0.25, 0.3) is 0 Å².